The average Bonchev–Trinajstić information content (AvgIpc) is 2.50. The first-order valence-electron chi connectivity index (χ1n) is 6.93. The molecule has 0 aliphatic rings. The number of anilines is 2. The van der Waals surface area contributed by atoms with Gasteiger partial charge in [-0.25, -0.2) is 0 Å². The number of alkyl halides is 3. The van der Waals surface area contributed by atoms with Crippen LogP contribution in [-0.4, -0.2) is 0 Å². The van der Waals surface area contributed by atoms with Gasteiger partial charge < -0.3 is 10.6 Å². The zero-order valence-electron chi connectivity index (χ0n) is 12.7. The molecule has 2 aromatic carbocycles. The van der Waals surface area contributed by atoms with Crippen LogP contribution in [0.15, 0.2) is 61.8 Å². The summed E-state index contributed by atoms with van der Waals surface area (Å²) in [5.41, 5.74) is 2.70. The molecule has 5 heteroatoms. The van der Waals surface area contributed by atoms with E-state index in [4.69, 9.17) is 0 Å². The average molecular weight is 318 g/mol. The fourth-order valence-electron chi connectivity index (χ4n) is 2.09. The lowest BCUT2D eigenvalue weighted by Gasteiger charge is -2.14. The van der Waals surface area contributed by atoms with Gasteiger partial charge in [-0.1, -0.05) is 31.4 Å². The number of halogens is 3. The molecule has 0 aliphatic heterocycles. The first kappa shape index (κ1) is 16.7. The van der Waals surface area contributed by atoms with Gasteiger partial charge in [0.15, 0.2) is 0 Å². The minimum Gasteiger partial charge on any atom is -0.362 e. The molecule has 0 unspecified atom stereocenters. The Bertz CT molecular complexity index is 733. The molecule has 0 saturated heterocycles. The SMILES string of the molecule is C=CNc1cc(NC(=C)c2cccc(C(F)(F)F)c2)ccc1C. The van der Waals surface area contributed by atoms with Crippen molar-refractivity contribution in [1.82, 2.24) is 0 Å². The predicted molar refractivity (Wildman–Crippen MR) is 89.1 cm³/mol. The maximum absolute atomic E-state index is 12.8. The third-order valence-electron chi connectivity index (χ3n) is 3.33. The van der Waals surface area contributed by atoms with Crippen LogP contribution in [0, 0.1) is 6.92 Å². The van der Waals surface area contributed by atoms with Gasteiger partial charge in [0.25, 0.3) is 0 Å². The van der Waals surface area contributed by atoms with E-state index in [-0.39, 0.29) is 0 Å². The minimum absolute atomic E-state index is 0.388. The van der Waals surface area contributed by atoms with Gasteiger partial charge in [-0.3, -0.25) is 0 Å². The normalized spacial score (nSPS) is 11.0. The number of nitrogens with one attached hydrogen (secondary N) is 2. The molecule has 23 heavy (non-hydrogen) atoms. The van der Waals surface area contributed by atoms with Crippen LogP contribution in [0.3, 0.4) is 0 Å². The maximum Gasteiger partial charge on any atom is 0.416 e. The molecule has 0 atom stereocenters. The summed E-state index contributed by atoms with van der Waals surface area (Å²) in [6.45, 7) is 9.38. The van der Waals surface area contributed by atoms with Crippen molar-refractivity contribution in [2.45, 2.75) is 13.1 Å². The van der Waals surface area contributed by atoms with E-state index in [1.54, 1.807) is 12.3 Å². The molecule has 0 spiro atoms. The number of benzene rings is 2. The van der Waals surface area contributed by atoms with E-state index in [2.05, 4.69) is 23.8 Å². The highest BCUT2D eigenvalue weighted by molar-refractivity contribution is 5.77. The van der Waals surface area contributed by atoms with Crippen LogP contribution >= 0.6 is 0 Å². The predicted octanol–water partition coefficient (Wildman–Crippen LogP) is 5.65. The van der Waals surface area contributed by atoms with Crippen LogP contribution in [0.25, 0.3) is 5.70 Å². The summed E-state index contributed by atoms with van der Waals surface area (Å²) in [5, 5.41) is 6.03. The van der Waals surface area contributed by atoms with Crippen molar-refractivity contribution in [2.24, 2.45) is 0 Å². The van der Waals surface area contributed by atoms with Crippen LogP contribution in [0.1, 0.15) is 16.7 Å². The molecule has 0 amide bonds. The largest absolute Gasteiger partial charge is 0.416 e. The van der Waals surface area contributed by atoms with Crippen molar-refractivity contribution in [1.29, 1.82) is 0 Å². The number of hydrogen-bond donors (Lipinski definition) is 2. The van der Waals surface area contributed by atoms with E-state index in [0.717, 1.165) is 29.1 Å². The fraction of sp³-hybridized carbons (Fsp3) is 0.111. The molecular weight excluding hydrogens is 301 g/mol. The quantitative estimate of drug-likeness (QED) is 0.744. The molecule has 2 rings (SSSR count). The van der Waals surface area contributed by atoms with Crippen LogP contribution in [-0.2, 0) is 6.18 Å². The molecule has 0 radical (unpaired) electrons. The monoisotopic (exact) mass is 318 g/mol. The third-order valence-corrected chi connectivity index (χ3v) is 3.33. The van der Waals surface area contributed by atoms with Gasteiger partial charge in [-0.2, -0.15) is 13.2 Å². The van der Waals surface area contributed by atoms with Crippen LogP contribution in [0.2, 0.25) is 0 Å². The van der Waals surface area contributed by atoms with E-state index in [1.807, 2.05) is 25.1 Å². The molecule has 0 heterocycles. The van der Waals surface area contributed by atoms with Gasteiger partial charge in [-0.15, -0.1) is 0 Å². The van der Waals surface area contributed by atoms with Crippen LogP contribution < -0.4 is 10.6 Å². The molecule has 120 valence electrons. The molecule has 2 aromatic rings. The van der Waals surface area contributed by atoms with Crippen molar-refractivity contribution >= 4 is 17.1 Å². The number of hydrogen-bond acceptors (Lipinski definition) is 2. The van der Waals surface area contributed by atoms with E-state index >= 15 is 0 Å². The summed E-state index contributed by atoms with van der Waals surface area (Å²) in [7, 11) is 0. The summed E-state index contributed by atoms with van der Waals surface area (Å²) in [6, 6.07) is 10.6. The Morgan fingerprint density at radius 1 is 1.13 bits per heavy atom. The van der Waals surface area contributed by atoms with Crippen LogP contribution in [0.4, 0.5) is 24.5 Å². The lowest BCUT2D eigenvalue weighted by atomic mass is 10.1. The fourth-order valence-corrected chi connectivity index (χ4v) is 2.09. The van der Waals surface area contributed by atoms with Crippen molar-refractivity contribution in [3.05, 3.63) is 78.5 Å². The Hall–Kier alpha value is -2.69. The van der Waals surface area contributed by atoms with Crippen molar-refractivity contribution in [3.8, 4) is 0 Å². The van der Waals surface area contributed by atoms with Gasteiger partial charge in [0.2, 0.25) is 0 Å². The Labute approximate surface area is 133 Å². The molecule has 0 aromatic heterocycles. The second-order valence-electron chi connectivity index (χ2n) is 5.06. The molecule has 2 N–H and O–H groups in total. The summed E-state index contributed by atoms with van der Waals surface area (Å²) in [4.78, 5) is 0. The van der Waals surface area contributed by atoms with Gasteiger partial charge in [0.1, 0.15) is 0 Å². The van der Waals surface area contributed by atoms with E-state index in [9.17, 15) is 13.2 Å². The topological polar surface area (TPSA) is 24.1 Å². The second kappa shape index (κ2) is 6.60. The van der Waals surface area contributed by atoms with Crippen molar-refractivity contribution in [2.75, 3.05) is 10.6 Å². The Kier molecular flexibility index (Phi) is 4.79. The van der Waals surface area contributed by atoms with Gasteiger partial charge >= 0.3 is 6.18 Å². The second-order valence-corrected chi connectivity index (χ2v) is 5.06. The molecule has 0 aliphatic carbocycles. The van der Waals surface area contributed by atoms with Gasteiger partial charge in [-0.05, 0) is 48.5 Å². The summed E-state index contributed by atoms with van der Waals surface area (Å²) in [5.74, 6) is 0. The third kappa shape index (κ3) is 4.16. The Morgan fingerprint density at radius 3 is 2.52 bits per heavy atom. The smallest absolute Gasteiger partial charge is 0.362 e. The zero-order valence-corrected chi connectivity index (χ0v) is 12.7. The van der Waals surface area contributed by atoms with Gasteiger partial charge in [0, 0.05) is 17.1 Å². The Balaban J connectivity index is 2.22. The van der Waals surface area contributed by atoms with E-state index < -0.39 is 11.7 Å². The first-order valence-corrected chi connectivity index (χ1v) is 6.93. The van der Waals surface area contributed by atoms with Crippen LogP contribution in [0.5, 0.6) is 0 Å². The molecule has 0 fully saturated rings. The highest BCUT2D eigenvalue weighted by Crippen LogP contribution is 2.31. The number of aryl methyl sites for hydroxylation is 1. The van der Waals surface area contributed by atoms with Gasteiger partial charge in [0.05, 0.1) is 5.56 Å². The standard InChI is InChI=1S/C18H17F3N2/c1-4-22-17-11-16(9-8-12(17)2)23-13(3)14-6-5-7-15(10-14)18(19,20)21/h4-11,22-23H,1,3H2,2H3. The zero-order chi connectivity index (χ0) is 17.0. The lowest BCUT2D eigenvalue weighted by Crippen LogP contribution is -2.06. The van der Waals surface area contributed by atoms with E-state index in [0.29, 0.717) is 11.3 Å². The summed E-state index contributed by atoms with van der Waals surface area (Å²) in [6.07, 6.45) is -2.81. The molecule has 0 bridgehead atoms. The van der Waals surface area contributed by atoms with E-state index in [1.165, 1.54) is 6.07 Å². The highest BCUT2D eigenvalue weighted by Gasteiger charge is 2.30. The molecule has 2 nitrogen and oxygen atoms in total. The highest BCUT2D eigenvalue weighted by atomic mass is 19.4. The summed E-state index contributed by atoms with van der Waals surface area (Å²) >= 11 is 0. The first-order chi connectivity index (χ1) is 10.8. The Morgan fingerprint density at radius 2 is 1.87 bits per heavy atom. The maximum atomic E-state index is 12.8. The number of rotatable bonds is 5. The lowest BCUT2D eigenvalue weighted by molar-refractivity contribution is -0.137. The molecule has 0 saturated carbocycles. The molecular formula is C18H17F3N2. The summed E-state index contributed by atoms with van der Waals surface area (Å²) < 4.78 is 38.3. The van der Waals surface area contributed by atoms with Crippen molar-refractivity contribution < 1.29 is 13.2 Å². The minimum atomic E-state index is -4.37. The van der Waals surface area contributed by atoms with Crippen molar-refractivity contribution in [3.63, 3.8) is 0 Å².